The van der Waals surface area contributed by atoms with Crippen LogP contribution in [-0.4, -0.2) is 9.97 Å². The summed E-state index contributed by atoms with van der Waals surface area (Å²) >= 11 is 12.2. The minimum absolute atomic E-state index is 0.533. The van der Waals surface area contributed by atoms with Gasteiger partial charge in [0.25, 0.3) is 0 Å². The van der Waals surface area contributed by atoms with Crippen molar-refractivity contribution in [1.29, 1.82) is 0 Å². The van der Waals surface area contributed by atoms with E-state index in [4.69, 9.17) is 23.2 Å². The normalized spacial score (nSPS) is 10.7. The summed E-state index contributed by atoms with van der Waals surface area (Å²) in [7, 11) is 0. The highest BCUT2D eigenvalue weighted by Crippen LogP contribution is 2.22. The number of benzene rings is 1. The molecular formula is C14H17Cl2N3. The molecule has 0 spiro atoms. The van der Waals surface area contributed by atoms with Gasteiger partial charge in [-0.2, -0.15) is 0 Å². The Bertz CT molecular complexity index is 537. The van der Waals surface area contributed by atoms with Gasteiger partial charge < -0.3 is 10.3 Å². The predicted molar refractivity (Wildman–Crippen MR) is 81.0 cm³/mol. The number of aromatic amines is 1. The Morgan fingerprint density at radius 3 is 2.79 bits per heavy atom. The van der Waals surface area contributed by atoms with Crippen LogP contribution in [0, 0.1) is 0 Å². The first-order valence-corrected chi connectivity index (χ1v) is 7.18. The van der Waals surface area contributed by atoms with Gasteiger partial charge in [-0.15, -0.1) is 0 Å². The van der Waals surface area contributed by atoms with Crippen molar-refractivity contribution in [2.45, 2.75) is 32.7 Å². The van der Waals surface area contributed by atoms with Crippen LogP contribution in [-0.2, 0) is 13.0 Å². The monoisotopic (exact) mass is 297 g/mol. The predicted octanol–water partition coefficient (Wildman–Crippen LogP) is 4.67. The third-order valence-corrected chi connectivity index (χ3v) is 3.52. The number of nitrogens with zero attached hydrogens (tertiary/aromatic N) is 1. The van der Waals surface area contributed by atoms with Crippen LogP contribution in [0.3, 0.4) is 0 Å². The maximum atomic E-state index is 6.11. The first kappa shape index (κ1) is 14.2. The Hall–Kier alpha value is -1.19. The van der Waals surface area contributed by atoms with Gasteiger partial charge in [0.05, 0.1) is 22.9 Å². The summed E-state index contributed by atoms with van der Waals surface area (Å²) < 4.78 is 0. The second-order valence-corrected chi connectivity index (χ2v) is 5.16. The van der Waals surface area contributed by atoms with Crippen LogP contribution in [0.2, 0.25) is 10.2 Å². The molecule has 0 radical (unpaired) electrons. The number of hydrogen-bond donors (Lipinski definition) is 2. The molecule has 2 N–H and O–H groups in total. The van der Waals surface area contributed by atoms with E-state index in [0.717, 1.165) is 36.5 Å². The van der Waals surface area contributed by atoms with Gasteiger partial charge in [0, 0.05) is 6.42 Å². The van der Waals surface area contributed by atoms with Gasteiger partial charge >= 0.3 is 0 Å². The van der Waals surface area contributed by atoms with Crippen molar-refractivity contribution in [3.63, 3.8) is 0 Å². The molecule has 0 atom stereocenters. The lowest BCUT2D eigenvalue weighted by atomic mass is 10.2. The molecule has 3 nitrogen and oxygen atoms in total. The Morgan fingerprint density at radius 2 is 2.05 bits per heavy atom. The summed E-state index contributed by atoms with van der Waals surface area (Å²) in [6.07, 6.45) is 3.19. The van der Waals surface area contributed by atoms with Crippen molar-refractivity contribution in [2.24, 2.45) is 0 Å². The number of aryl methyl sites for hydroxylation is 1. The van der Waals surface area contributed by atoms with E-state index in [9.17, 15) is 0 Å². The second-order valence-electron chi connectivity index (χ2n) is 4.39. The Kier molecular flexibility index (Phi) is 5.11. The molecule has 1 aromatic carbocycles. The number of halogens is 2. The number of para-hydroxylation sites is 1. The molecule has 0 unspecified atom stereocenters. The molecule has 0 saturated carbocycles. The minimum atomic E-state index is 0.533. The average molecular weight is 298 g/mol. The van der Waals surface area contributed by atoms with Crippen LogP contribution in [0.1, 0.15) is 31.3 Å². The molecule has 102 valence electrons. The van der Waals surface area contributed by atoms with Crippen LogP contribution < -0.4 is 5.32 Å². The van der Waals surface area contributed by atoms with E-state index in [2.05, 4.69) is 22.2 Å². The number of H-pyrrole nitrogens is 1. The number of unbranched alkanes of at least 4 members (excludes halogenated alkanes) is 1. The zero-order valence-corrected chi connectivity index (χ0v) is 12.4. The SMILES string of the molecule is CCCCc1nc(Cl)c(CNc2ccccc2Cl)[nH]1. The number of imidazole rings is 1. The van der Waals surface area contributed by atoms with Gasteiger partial charge in [0.1, 0.15) is 5.82 Å². The van der Waals surface area contributed by atoms with Gasteiger partial charge in [-0.05, 0) is 18.6 Å². The Labute approximate surface area is 123 Å². The molecule has 0 aliphatic rings. The van der Waals surface area contributed by atoms with Crippen molar-refractivity contribution < 1.29 is 0 Å². The molecule has 0 saturated heterocycles. The Balaban J connectivity index is 1.99. The number of aromatic nitrogens is 2. The quantitative estimate of drug-likeness (QED) is 0.813. The van der Waals surface area contributed by atoms with E-state index >= 15 is 0 Å². The fourth-order valence-corrected chi connectivity index (χ4v) is 2.23. The van der Waals surface area contributed by atoms with Gasteiger partial charge in [0.15, 0.2) is 5.15 Å². The minimum Gasteiger partial charge on any atom is -0.378 e. The van der Waals surface area contributed by atoms with Crippen LogP contribution in [0.5, 0.6) is 0 Å². The molecule has 1 aromatic heterocycles. The van der Waals surface area contributed by atoms with Crippen molar-refractivity contribution in [3.8, 4) is 0 Å². The maximum Gasteiger partial charge on any atom is 0.152 e. The number of hydrogen-bond acceptors (Lipinski definition) is 2. The molecule has 2 aromatic rings. The lowest BCUT2D eigenvalue weighted by molar-refractivity contribution is 0.760. The van der Waals surface area contributed by atoms with Crippen LogP contribution in [0.15, 0.2) is 24.3 Å². The first-order chi connectivity index (χ1) is 9.20. The zero-order valence-electron chi connectivity index (χ0n) is 10.8. The fourth-order valence-electron chi connectivity index (χ4n) is 1.81. The first-order valence-electron chi connectivity index (χ1n) is 6.42. The summed E-state index contributed by atoms with van der Waals surface area (Å²) in [5.74, 6) is 0.947. The Morgan fingerprint density at radius 1 is 1.26 bits per heavy atom. The molecule has 5 heteroatoms. The highest BCUT2D eigenvalue weighted by atomic mass is 35.5. The topological polar surface area (TPSA) is 40.7 Å². The van der Waals surface area contributed by atoms with E-state index in [1.54, 1.807) is 0 Å². The van der Waals surface area contributed by atoms with Crippen molar-refractivity contribution in [3.05, 3.63) is 46.0 Å². The van der Waals surface area contributed by atoms with Crippen LogP contribution >= 0.6 is 23.2 Å². The molecule has 1 heterocycles. The molecule has 0 fully saturated rings. The van der Waals surface area contributed by atoms with E-state index < -0.39 is 0 Å². The molecule has 0 bridgehead atoms. The van der Waals surface area contributed by atoms with E-state index in [1.807, 2.05) is 24.3 Å². The van der Waals surface area contributed by atoms with Gasteiger partial charge in [-0.25, -0.2) is 4.98 Å². The fraction of sp³-hybridized carbons (Fsp3) is 0.357. The third kappa shape index (κ3) is 3.88. The number of anilines is 1. The van der Waals surface area contributed by atoms with Crippen molar-refractivity contribution in [2.75, 3.05) is 5.32 Å². The lowest BCUT2D eigenvalue weighted by Gasteiger charge is -2.06. The van der Waals surface area contributed by atoms with E-state index in [-0.39, 0.29) is 0 Å². The second kappa shape index (κ2) is 6.83. The van der Waals surface area contributed by atoms with Crippen molar-refractivity contribution >= 4 is 28.9 Å². The molecule has 19 heavy (non-hydrogen) atoms. The summed E-state index contributed by atoms with van der Waals surface area (Å²) in [6, 6.07) is 7.63. The largest absolute Gasteiger partial charge is 0.378 e. The number of nitrogens with one attached hydrogen (secondary N) is 2. The zero-order chi connectivity index (χ0) is 13.7. The van der Waals surface area contributed by atoms with E-state index in [1.165, 1.54) is 0 Å². The summed E-state index contributed by atoms with van der Waals surface area (Å²) in [5.41, 5.74) is 1.79. The molecule has 0 amide bonds. The number of rotatable bonds is 6. The maximum absolute atomic E-state index is 6.11. The molecular weight excluding hydrogens is 281 g/mol. The summed E-state index contributed by atoms with van der Waals surface area (Å²) in [5, 5.41) is 4.48. The smallest absolute Gasteiger partial charge is 0.152 e. The highest BCUT2D eigenvalue weighted by Gasteiger charge is 2.08. The van der Waals surface area contributed by atoms with Crippen LogP contribution in [0.25, 0.3) is 0 Å². The summed E-state index contributed by atoms with van der Waals surface area (Å²) in [4.78, 5) is 7.58. The van der Waals surface area contributed by atoms with Crippen molar-refractivity contribution in [1.82, 2.24) is 9.97 Å². The average Bonchev–Trinajstić information content (AvgIpc) is 2.76. The highest BCUT2D eigenvalue weighted by molar-refractivity contribution is 6.33. The molecule has 2 rings (SSSR count). The van der Waals surface area contributed by atoms with Crippen LogP contribution in [0.4, 0.5) is 5.69 Å². The molecule has 0 aliphatic heterocycles. The molecule has 0 aliphatic carbocycles. The standard InChI is InChI=1S/C14H17Cl2N3/c1-2-3-8-13-18-12(14(16)19-13)9-17-11-7-5-4-6-10(11)15/h4-7,17H,2-3,8-9H2,1H3,(H,18,19). The lowest BCUT2D eigenvalue weighted by Crippen LogP contribution is -2.01. The summed E-state index contributed by atoms with van der Waals surface area (Å²) in [6.45, 7) is 2.74. The van der Waals surface area contributed by atoms with Gasteiger partial charge in [-0.1, -0.05) is 48.7 Å². The third-order valence-electron chi connectivity index (χ3n) is 2.87. The van der Waals surface area contributed by atoms with Gasteiger partial charge in [-0.3, -0.25) is 0 Å². The van der Waals surface area contributed by atoms with E-state index in [0.29, 0.717) is 16.7 Å². The van der Waals surface area contributed by atoms with Gasteiger partial charge in [0.2, 0.25) is 0 Å².